The maximum atomic E-state index is 9.41. The fraction of sp³-hybridized carbons (Fsp3) is 0.565. The van der Waals surface area contributed by atoms with E-state index in [-0.39, 0.29) is 0 Å². The van der Waals surface area contributed by atoms with E-state index in [1.54, 1.807) is 0 Å². The van der Waals surface area contributed by atoms with Gasteiger partial charge in [-0.25, -0.2) is 0 Å². The van der Waals surface area contributed by atoms with Crippen LogP contribution in [0.5, 0.6) is 5.75 Å². The molecule has 7 heteroatoms. The first-order valence-electron chi connectivity index (χ1n) is 10.7. The van der Waals surface area contributed by atoms with Crippen molar-refractivity contribution in [1.82, 2.24) is 4.90 Å². The smallest absolute Gasteiger partial charge is 0.123 e. The molecule has 0 aliphatic rings. The molecule has 1 aromatic carbocycles. The number of carbonyl (C=O) groups excluding carboxylic acids is 2. The Morgan fingerprint density at radius 3 is 2.07 bits per heavy atom. The van der Waals surface area contributed by atoms with Gasteiger partial charge in [0.05, 0.1) is 18.5 Å². The highest BCUT2D eigenvalue weighted by Crippen LogP contribution is 2.23. The Hall–Kier alpha value is -2.54. The second kappa shape index (κ2) is 17.3. The normalized spacial score (nSPS) is 10.7. The number of carbonyl (C=O) groups is 2. The zero-order valence-corrected chi connectivity index (χ0v) is 18.5. The van der Waals surface area contributed by atoms with E-state index in [0.717, 1.165) is 44.1 Å². The van der Waals surface area contributed by atoms with Crippen molar-refractivity contribution in [2.75, 3.05) is 25.4 Å². The highest BCUT2D eigenvalue weighted by Gasteiger charge is 2.08. The predicted octanol–water partition coefficient (Wildman–Crippen LogP) is 1.89. The molecule has 0 unspecified atom stereocenters. The van der Waals surface area contributed by atoms with Gasteiger partial charge in [-0.2, -0.15) is 0 Å². The van der Waals surface area contributed by atoms with Crippen LogP contribution in [0, 0.1) is 0 Å². The molecule has 0 spiro atoms. The van der Waals surface area contributed by atoms with Crippen molar-refractivity contribution in [3.63, 3.8) is 0 Å². The molecule has 0 aliphatic carbocycles. The summed E-state index contributed by atoms with van der Waals surface area (Å²) in [6.45, 7) is 10.4. The number of nitrogen functional groups attached to an aromatic ring is 1. The van der Waals surface area contributed by atoms with E-state index in [1.165, 1.54) is 37.7 Å². The molecule has 2 N–H and O–H groups in total. The summed E-state index contributed by atoms with van der Waals surface area (Å²) in [6.07, 6.45) is 8.50. The number of ether oxygens (including phenoxy) is 1. The van der Waals surface area contributed by atoms with Crippen molar-refractivity contribution in [1.29, 1.82) is 0 Å². The fourth-order valence-electron chi connectivity index (χ4n) is 2.75. The second-order valence-corrected chi connectivity index (χ2v) is 6.92. The monoisotopic (exact) mass is 420 g/mol. The van der Waals surface area contributed by atoms with Crippen molar-refractivity contribution >= 4 is 17.6 Å². The van der Waals surface area contributed by atoms with E-state index in [1.807, 2.05) is 12.1 Å². The molecule has 0 aliphatic heterocycles. The average Bonchev–Trinajstić information content (AvgIpc) is 2.71. The summed E-state index contributed by atoms with van der Waals surface area (Å²) < 4.78 is 6.01. The minimum Gasteiger partial charge on any atom is -0.545 e. The molecule has 170 valence electrons. The Morgan fingerprint density at radius 1 is 0.967 bits per heavy atom. The van der Waals surface area contributed by atoms with Gasteiger partial charge in [0, 0.05) is 17.8 Å². The molecular weight excluding hydrogens is 384 g/mol. The Labute approximate surface area is 180 Å². The molecule has 0 aromatic heterocycles. The van der Waals surface area contributed by atoms with Crippen molar-refractivity contribution in [2.45, 2.75) is 65.8 Å². The van der Waals surface area contributed by atoms with Crippen molar-refractivity contribution in [2.24, 2.45) is 0 Å². The SMILES string of the molecule is CCCCCCCCOc1ccc(N)cc1CN(CC)CC.O=C([O-])/C=C\C(=O)[O-]. The predicted molar refractivity (Wildman–Crippen MR) is 116 cm³/mol. The Balaban J connectivity index is 0.000000890. The maximum Gasteiger partial charge on any atom is 0.123 e. The summed E-state index contributed by atoms with van der Waals surface area (Å²) in [5, 5.41) is 18.8. The first-order valence-corrected chi connectivity index (χ1v) is 10.7. The van der Waals surface area contributed by atoms with E-state index in [2.05, 4.69) is 31.7 Å². The van der Waals surface area contributed by atoms with Crippen LogP contribution in [0.2, 0.25) is 0 Å². The Kier molecular flexibility index (Phi) is 15.9. The number of nitrogens with zero attached hydrogens (tertiary/aromatic N) is 1. The van der Waals surface area contributed by atoms with Crippen LogP contribution >= 0.6 is 0 Å². The summed E-state index contributed by atoms with van der Waals surface area (Å²) >= 11 is 0. The molecule has 30 heavy (non-hydrogen) atoms. The van der Waals surface area contributed by atoms with Gasteiger partial charge in [-0.1, -0.05) is 52.9 Å². The molecule has 1 rings (SSSR count). The van der Waals surface area contributed by atoms with Gasteiger partial charge in [-0.15, -0.1) is 0 Å². The first kappa shape index (κ1) is 27.5. The van der Waals surface area contributed by atoms with Crippen LogP contribution in [0.25, 0.3) is 0 Å². The van der Waals surface area contributed by atoms with E-state index in [0.29, 0.717) is 12.2 Å². The van der Waals surface area contributed by atoms with E-state index in [4.69, 9.17) is 10.5 Å². The van der Waals surface area contributed by atoms with Crippen molar-refractivity contribution in [3.8, 4) is 5.75 Å². The summed E-state index contributed by atoms with van der Waals surface area (Å²) in [7, 11) is 0. The number of nitrogens with two attached hydrogens (primary N) is 1. The molecule has 0 saturated heterocycles. The summed E-state index contributed by atoms with van der Waals surface area (Å²) in [5.74, 6) is -2.10. The topological polar surface area (TPSA) is 119 Å². The Bertz CT molecular complexity index is 626. The molecule has 0 fully saturated rings. The highest BCUT2D eigenvalue weighted by atomic mass is 16.5. The molecule has 7 nitrogen and oxygen atoms in total. The number of hydrogen-bond donors (Lipinski definition) is 1. The lowest BCUT2D eigenvalue weighted by molar-refractivity contribution is -0.301. The number of hydrogen-bond acceptors (Lipinski definition) is 7. The molecule has 0 atom stereocenters. The van der Waals surface area contributed by atoms with Crippen molar-refractivity contribution < 1.29 is 24.5 Å². The average molecular weight is 421 g/mol. The van der Waals surface area contributed by atoms with Gasteiger partial charge in [0.25, 0.3) is 0 Å². The lowest BCUT2D eigenvalue weighted by Gasteiger charge is -2.20. The fourth-order valence-corrected chi connectivity index (χ4v) is 2.75. The zero-order valence-electron chi connectivity index (χ0n) is 18.5. The van der Waals surface area contributed by atoms with Crippen LogP contribution in [0.15, 0.2) is 30.4 Å². The molecule has 0 amide bonds. The Morgan fingerprint density at radius 2 is 1.53 bits per heavy atom. The second-order valence-electron chi connectivity index (χ2n) is 6.92. The van der Waals surface area contributed by atoms with Gasteiger partial charge in [0.15, 0.2) is 0 Å². The molecular formula is C23H36N2O5-2. The molecule has 0 bridgehead atoms. The largest absolute Gasteiger partial charge is 0.545 e. The van der Waals surface area contributed by atoms with Gasteiger partial charge < -0.3 is 30.3 Å². The van der Waals surface area contributed by atoms with E-state index >= 15 is 0 Å². The lowest BCUT2D eigenvalue weighted by atomic mass is 10.1. The molecule has 1 aromatic rings. The first-order chi connectivity index (χ1) is 14.3. The summed E-state index contributed by atoms with van der Waals surface area (Å²) in [5.41, 5.74) is 7.95. The third kappa shape index (κ3) is 14.5. The van der Waals surface area contributed by atoms with Crippen molar-refractivity contribution in [3.05, 3.63) is 35.9 Å². The number of unbranched alkanes of at least 4 members (excludes halogenated alkanes) is 5. The van der Waals surface area contributed by atoms with Crippen LogP contribution < -0.4 is 20.7 Å². The number of carboxylic acid groups (broad SMARTS) is 2. The van der Waals surface area contributed by atoms with Crippen LogP contribution in [0.1, 0.15) is 64.9 Å². The van der Waals surface area contributed by atoms with Gasteiger partial charge in [-0.3, -0.25) is 4.90 Å². The van der Waals surface area contributed by atoms with Crippen LogP contribution in [-0.2, 0) is 16.1 Å². The summed E-state index contributed by atoms with van der Waals surface area (Å²) in [4.78, 5) is 21.2. The zero-order chi connectivity index (χ0) is 22.8. The standard InChI is InChI=1S/C19H34N2O.C4H4O4/c1-4-7-8-9-10-11-14-22-19-13-12-18(20)15-17(19)16-21(5-2)6-3;5-3(6)1-2-4(7)8/h12-13,15H,4-11,14,16,20H2,1-3H3;1-2H,(H,5,6)(H,7,8)/p-2/b;2-1-. The van der Waals surface area contributed by atoms with Crippen LogP contribution in [0.3, 0.4) is 0 Å². The van der Waals surface area contributed by atoms with E-state index < -0.39 is 11.9 Å². The van der Waals surface area contributed by atoms with Gasteiger partial charge in [0.2, 0.25) is 0 Å². The maximum absolute atomic E-state index is 9.41. The van der Waals surface area contributed by atoms with Crippen LogP contribution in [0.4, 0.5) is 5.69 Å². The number of benzene rings is 1. The molecule has 0 heterocycles. The molecule has 0 saturated carbocycles. The minimum atomic E-state index is -1.55. The highest BCUT2D eigenvalue weighted by molar-refractivity contribution is 5.87. The van der Waals surface area contributed by atoms with Gasteiger partial charge in [0.1, 0.15) is 5.75 Å². The third-order valence-electron chi connectivity index (χ3n) is 4.48. The summed E-state index contributed by atoms with van der Waals surface area (Å²) in [6, 6.07) is 6.00. The number of anilines is 1. The number of aliphatic carboxylic acids is 2. The van der Waals surface area contributed by atoms with Crippen LogP contribution in [-0.4, -0.2) is 36.5 Å². The molecule has 0 radical (unpaired) electrons. The number of carboxylic acids is 2. The minimum absolute atomic E-state index is 0.384. The quantitative estimate of drug-likeness (QED) is 0.277. The van der Waals surface area contributed by atoms with Gasteiger partial charge in [-0.05, 0) is 49.9 Å². The number of rotatable bonds is 14. The van der Waals surface area contributed by atoms with Gasteiger partial charge >= 0.3 is 0 Å². The lowest BCUT2D eigenvalue weighted by Crippen LogP contribution is -2.23. The third-order valence-corrected chi connectivity index (χ3v) is 4.48. The van der Waals surface area contributed by atoms with E-state index in [9.17, 15) is 19.8 Å².